The number of nitrogens with two attached hydrogens (primary N) is 1. The number of fused-ring (bicyclic) bond motifs is 1. The number of primary amides is 1. The summed E-state index contributed by atoms with van der Waals surface area (Å²) in [6.07, 6.45) is -5.05. The minimum absolute atomic E-state index is 0.189. The van der Waals surface area contributed by atoms with E-state index >= 15 is 0 Å². The van der Waals surface area contributed by atoms with Gasteiger partial charge in [0.15, 0.2) is 5.60 Å². The van der Waals surface area contributed by atoms with E-state index in [1.807, 2.05) is 30.3 Å². The molecule has 1 heterocycles. The van der Waals surface area contributed by atoms with Crippen molar-refractivity contribution in [3.63, 3.8) is 0 Å². The molecule has 1 atom stereocenters. The summed E-state index contributed by atoms with van der Waals surface area (Å²) in [6, 6.07) is 13.1. The predicted octanol–water partition coefficient (Wildman–Crippen LogP) is 3.72. The normalized spacial score (nSPS) is 19.2. The number of carbonyl (C=O) groups excluding carboxylic acids is 1. The van der Waals surface area contributed by atoms with Crippen LogP contribution < -0.4 is 10.5 Å². The van der Waals surface area contributed by atoms with Crippen molar-refractivity contribution < 1.29 is 27.4 Å². The Morgan fingerprint density at radius 3 is 2.52 bits per heavy atom. The summed E-state index contributed by atoms with van der Waals surface area (Å²) in [5.74, 6) is -0.209. The van der Waals surface area contributed by atoms with E-state index < -0.39 is 23.4 Å². The van der Waals surface area contributed by atoms with Crippen molar-refractivity contribution in [2.24, 2.45) is 5.73 Å². The smallest absolute Gasteiger partial charge is 0.419 e. The molecule has 7 heteroatoms. The lowest BCUT2D eigenvalue weighted by Crippen LogP contribution is -2.43. The zero-order chi connectivity index (χ0) is 18.1. The van der Waals surface area contributed by atoms with Gasteiger partial charge in [0.1, 0.15) is 12.4 Å². The fourth-order valence-corrected chi connectivity index (χ4v) is 3.07. The number of carbonyl (C=O) groups is 1. The zero-order valence-corrected chi connectivity index (χ0v) is 13.2. The van der Waals surface area contributed by atoms with Gasteiger partial charge in [0, 0.05) is 12.8 Å². The third kappa shape index (κ3) is 3.70. The van der Waals surface area contributed by atoms with E-state index in [9.17, 15) is 18.0 Å². The Hall–Kier alpha value is -2.70. The average Bonchev–Trinajstić information content (AvgIpc) is 2.91. The molecule has 132 valence electrons. The van der Waals surface area contributed by atoms with E-state index in [0.29, 0.717) is 5.56 Å². The van der Waals surface area contributed by atoms with Gasteiger partial charge < -0.3 is 15.2 Å². The minimum Gasteiger partial charge on any atom is -0.482 e. The lowest BCUT2D eigenvalue weighted by atomic mass is 9.90. The Balaban J connectivity index is 1.95. The lowest BCUT2D eigenvalue weighted by molar-refractivity contribution is -0.139. The van der Waals surface area contributed by atoms with Crippen LogP contribution in [0.3, 0.4) is 0 Å². The molecule has 3 rings (SSSR count). The summed E-state index contributed by atoms with van der Waals surface area (Å²) in [4.78, 5) is 11.0. The highest BCUT2D eigenvalue weighted by atomic mass is 19.4. The highest BCUT2D eigenvalue weighted by Gasteiger charge is 2.45. The predicted molar refractivity (Wildman–Crippen MR) is 84.2 cm³/mol. The van der Waals surface area contributed by atoms with E-state index in [-0.39, 0.29) is 25.2 Å². The Morgan fingerprint density at radius 1 is 1.16 bits per heavy atom. The first-order valence-corrected chi connectivity index (χ1v) is 7.63. The number of amides is 1. The summed E-state index contributed by atoms with van der Waals surface area (Å²) >= 11 is 0. The maximum atomic E-state index is 13.3. The Kier molecular flexibility index (Phi) is 4.32. The fraction of sp³-hybridized carbons (Fsp3) is 0.278. The molecular formula is C18H16F3NO3. The summed E-state index contributed by atoms with van der Waals surface area (Å²) in [7, 11) is 0. The molecule has 1 aliphatic rings. The van der Waals surface area contributed by atoms with Crippen molar-refractivity contribution in [3.05, 3.63) is 65.2 Å². The number of para-hydroxylation sites is 1. The van der Waals surface area contributed by atoms with E-state index in [4.69, 9.17) is 15.2 Å². The average molecular weight is 351 g/mol. The van der Waals surface area contributed by atoms with Gasteiger partial charge in [-0.3, -0.25) is 0 Å². The highest BCUT2D eigenvalue weighted by Crippen LogP contribution is 2.45. The molecular weight excluding hydrogens is 335 g/mol. The van der Waals surface area contributed by atoms with Crippen molar-refractivity contribution in [3.8, 4) is 5.75 Å². The molecule has 1 unspecified atom stereocenters. The van der Waals surface area contributed by atoms with Crippen molar-refractivity contribution >= 4 is 6.09 Å². The molecule has 4 nitrogen and oxygen atoms in total. The summed E-state index contributed by atoms with van der Waals surface area (Å²) < 4.78 is 50.4. The topological polar surface area (TPSA) is 61.6 Å². The molecule has 2 aromatic carbocycles. The maximum Gasteiger partial charge on any atom is 0.419 e. The lowest BCUT2D eigenvalue weighted by Gasteiger charge is -2.28. The molecule has 0 spiro atoms. The number of hydrogen-bond acceptors (Lipinski definition) is 3. The molecule has 0 fully saturated rings. The Bertz CT molecular complexity index is 777. The van der Waals surface area contributed by atoms with Gasteiger partial charge >= 0.3 is 12.3 Å². The quantitative estimate of drug-likeness (QED) is 0.913. The zero-order valence-electron chi connectivity index (χ0n) is 13.2. The van der Waals surface area contributed by atoms with Gasteiger partial charge in [-0.25, -0.2) is 4.79 Å². The molecule has 0 aromatic heterocycles. The van der Waals surface area contributed by atoms with Crippen LogP contribution in [0.4, 0.5) is 18.0 Å². The third-order valence-electron chi connectivity index (χ3n) is 4.08. The van der Waals surface area contributed by atoms with Gasteiger partial charge in [0.25, 0.3) is 0 Å². The van der Waals surface area contributed by atoms with Crippen LogP contribution in [0.1, 0.15) is 16.7 Å². The molecule has 0 radical (unpaired) electrons. The summed E-state index contributed by atoms with van der Waals surface area (Å²) in [5, 5.41) is 0. The third-order valence-corrected chi connectivity index (χ3v) is 4.08. The second kappa shape index (κ2) is 6.31. The largest absolute Gasteiger partial charge is 0.482 e. The van der Waals surface area contributed by atoms with Crippen LogP contribution in [0.5, 0.6) is 5.75 Å². The first-order valence-electron chi connectivity index (χ1n) is 7.63. The molecule has 0 bridgehead atoms. The van der Waals surface area contributed by atoms with Gasteiger partial charge in [-0.15, -0.1) is 0 Å². The first-order chi connectivity index (χ1) is 11.8. The summed E-state index contributed by atoms with van der Waals surface area (Å²) in [5.41, 5.74) is 4.36. The van der Waals surface area contributed by atoms with Crippen LogP contribution in [-0.4, -0.2) is 18.3 Å². The molecule has 0 saturated carbocycles. The standard InChI is InChI=1S/C18H16F3NO3/c19-18(20,21)14-8-4-7-13-10-17(25-15(13)14,11-24-16(22)23)9-12-5-2-1-3-6-12/h1-8H,9-11H2,(H2,22,23). The van der Waals surface area contributed by atoms with Crippen molar-refractivity contribution in [1.29, 1.82) is 0 Å². The van der Waals surface area contributed by atoms with Gasteiger partial charge in [0.05, 0.1) is 5.56 Å². The second-order valence-corrected chi connectivity index (χ2v) is 6.02. The monoisotopic (exact) mass is 351 g/mol. The SMILES string of the molecule is NC(=O)OCC1(Cc2ccccc2)Cc2cccc(C(F)(F)F)c2O1. The van der Waals surface area contributed by atoms with Gasteiger partial charge in [-0.2, -0.15) is 13.2 Å². The van der Waals surface area contributed by atoms with E-state index in [0.717, 1.165) is 11.6 Å². The van der Waals surface area contributed by atoms with Crippen LogP contribution >= 0.6 is 0 Å². The molecule has 2 N–H and O–H groups in total. The van der Waals surface area contributed by atoms with E-state index in [1.165, 1.54) is 6.07 Å². The van der Waals surface area contributed by atoms with Crippen LogP contribution in [-0.2, 0) is 23.8 Å². The van der Waals surface area contributed by atoms with E-state index in [1.54, 1.807) is 6.07 Å². The number of ether oxygens (including phenoxy) is 2. The van der Waals surface area contributed by atoms with Crippen LogP contribution in [0.15, 0.2) is 48.5 Å². The van der Waals surface area contributed by atoms with Gasteiger partial charge in [0.2, 0.25) is 0 Å². The fourth-order valence-electron chi connectivity index (χ4n) is 3.07. The van der Waals surface area contributed by atoms with Crippen molar-refractivity contribution in [2.45, 2.75) is 24.6 Å². The molecule has 1 aliphatic heterocycles. The Morgan fingerprint density at radius 2 is 1.88 bits per heavy atom. The van der Waals surface area contributed by atoms with Crippen molar-refractivity contribution in [2.75, 3.05) is 6.61 Å². The minimum atomic E-state index is -4.53. The maximum absolute atomic E-state index is 13.3. The number of rotatable bonds is 4. The summed E-state index contributed by atoms with van der Waals surface area (Å²) in [6.45, 7) is -0.233. The van der Waals surface area contributed by atoms with Crippen LogP contribution in [0.25, 0.3) is 0 Å². The second-order valence-electron chi connectivity index (χ2n) is 6.02. The first kappa shape index (κ1) is 17.1. The Labute approximate surface area is 142 Å². The molecule has 0 saturated heterocycles. The van der Waals surface area contributed by atoms with Crippen LogP contribution in [0, 0.1) is 0 Å². The highest BCUT2D eigenvalue weighted by molar-refractivity contribution is 5.64. The molecule has 0 aliphatic carbocycles. The molecule has 2 aromatic rings. The number of benzene rings is 2. The van der Waals surface area contributed by atoms with E-state index in [2.05, 4.69) is 0 Å². The number of hydrogen-bond donors (Lipinski definition) is 1. The molecule has 1 amide bonds. The number of alkyl halides is 3. The van der Waals surface area contributed by atoms with Gasteiger partial charge in [-0.05, 0) is 17.2 Å². The van der Waals surface area contributed by atoms with Crippen molar-refractivity contribution in [1.82, 2.24) is 0 Å². The number of halogens is 3. The molecule has 25 heavy (non-hydrogen) atoms. The van der Waals surface area contributed by atoms with Crippen LogP contribution in [0.2, 0.25) is 0 Å². The van der Waals surface area contributed by atoms with Gasteiger partial charge in [-0.1, -0.05) is 42.5 Å².